The molecular formula is C23H24N6S. The van der Waals surface area contributed by atoms with E-state index in [1.165, 1.54) is 4.88 Å². The predicted octanol–water partition coefficient (Wildman–Crippen LogP) is 4.40. The Hall–Kier alpha value is -3.06. The van der Waals surface area contributed by atoms with Gasteiger partial charge in [-0.2, -0.15) is 0 Å². The van der Waals surface area contributed by atoms with Crippen LogP contribution in [-0.2, 0) is 0 Å². The Labute approximate surface area is 180 Å². The SMILES string of the molecule is Cc1cc(C)nc(N2CCN(c3nc(-c4ccccc4)nc4sc(C)cc34)CC2)n1. The predicted molar refractivity (Wildman–Crippen MR) is 124 cm³/mol. The smallest absolute Gasteiger partial charge is 0.225 e. The lowest BCUT2D eigenvalue weighted by molar-refractivity contribution is 0.634. The first-order valence-corrected chi connectivity index (χ1v) is 11.0. The lowest BCUT2D eigenvalue weighted by atomic mass is 10.2. The molecule has 30 heavy (non-hydrogen) atoms. The molecule has 0 spiro atoms. The molecule has 6 nitrogen and oxygen atoms in total. The molecule has 0 bridgehead atoms. The molecule has 1 aromatic carbocycles. The highest BCUT2D eigenvalue weighted by atomic mass is 32.1. The van der Waals surface area contributed by atoms with Crippen molar-refractivity contribution in [1.29, 1.82) is 0 Å². The highest BCUT2D eigenvalue weighted by Crippen LogP contribution is 2.33. The molecule has 1 fully saturated rings. The Balaban J connectivity index is 1.46. The van der Waals surface area contributed by atoms with Gasteiger partial charge in [0.15, 0.2) is 5.82 Å². The minimum atomic E-state index is 0.792. The van der Waals surface area contributed by atoms with E-state index in [-0.39, 0.29) is 0 Å². The summed E-state index contributed by atoms with van der Waals surface area (Å²) in [7, 11) is 0. The van der Waals surface area contributed by atoms with Crippen LogP contribution >= 0.6 is 11.3 Å². The van der Waals surface area contributed by atoms with E-state index in [9.17, 15) is 0 Å². The molecule has 152 valence electrons. The maximum absolute atomic E-state index is 5.01. The third-order valence-electron chi connectivity index (χ3n) is 5.36. The molecule has 0 unspecified atom stereocenters. The number of benzene rings is 1. The Morgan fingerprint density at radius 2 is 1.43 bits per heavy atom. The average Bonchev–Trinajstić information content (AvgIpc) is 3.13. The molecule has 7 heteroatoms. The molecule has 4 aromatic rings. The van der Waals surface area contributed by atoms with Crippen molar-refractivity contribution in [1.82, 2.24) is 19.9 Å². The quantitative estimate of drug-likeness (QED) is 0.493. The summed E-state index contributed by atoms with van der Waals surface area (Å²) in [4.78, 5) is 26.1. The number of hydrogen-bond acceptors (Lipinski definition) is 7. The summed E-state index contributed by atoms with van der Waals surface area (Å²) < 4.78 is 0. The summed E-state index contributed by atoms with van der Waals surface area (Å²) in [5.41, 5.74) is 3.08. The summed E-state index contributed by atoms with van der Waals surface area (Å²) in [6.07, 6.45) is 0. The second-order valence-corrected chi connectivity index (χ2v) is 8.97. The fraction of sp³-hybridized carbons (Fsp3) is 0.304. The molecule has 0 atom stereocenters. The number of nitrogens with zero attached hydrogens (tertiary/aromatic N) is 6. The van der Waals surface area contributed by atoms with Gasteiger partial charge in [0.2, 0.25) is 5.95 Å². The Morgan fingerprint density at radius 1 is 0.767 bits per heavy atom. The lowest BCUT2D eigenvalue weighted by Crippen LogP contribution is -2.47. The molecule has 1 saturated heterocycles. The van der Waals surface area contributed by atoms with Gasteiger partial charge < -0.3 is 9.80 Å². The molecule has 5 rings (SSSR count). The van der Waals surface area contributed by atoms with E-state index in [0.29, 0.717) is 0 Å². The Morgan fingerprint density at radius 3 is 2.13 bits per heavy atom. The normalized spacial score (nSPS) is 14.5. The summed E-state index contributed by atoms with van der Waals surface area (Å²) >= 11 is 1.73. The van der Waals surface area contributed by atoms with Crippen LogP contribution in [0.5, 0.6) is 0 Å². The number of rotatable bonds is 3. The van der Waals surface area contributed by atoms with Crippen LogP contribution < -0.4 is 9.80 Å². The van der Waals surface area contributed by atoms with E-state index in [1.54, 1.807) is 11.3 Å². The third kappa shape index (κ3) is 3.61. The van der Waals surface area contributed by atoms with Crippen LogP contribution in [0.15, 0.2) is 42.5 Å². The fourth-order valence-electron chi connectivity index (χ4n) is 3.95. The van der Waals surface area contributed by atoms with Crippen LogP contribution in [0.3, 0.4) is 0 Å². The zero-order chi connectivity index (χ0) is 20.7. The number of aryl methyl sites for hydroxylation is 3. The minimum absolute atomic E-state index is 0.792. The van der Waals surface area contributed by atoms with Crippen LogP contribution in [0.25, 0.3) is 21.6 Å². The van der Waals surface area contributed by atoms with Crippen molar-refractivity contribution >= 4 is 33.3 Å². The Kier molecular flexibility index (Phi) is 4.83. The molecular weight excluding hydrogens is 392 g/mol. The molecule has 0 saturated carbocycles. The van der Waals surface area contributed by atoms with E-state index < -0.39 is 0 Å². The van der Waals surface area contributed by atoms with Crippen molar-refractivity contribution in [2.24, 2.45) is 0 Å². The van der Waals surface area contributed by atoms with Crippen molar-refractivity contribution in [3.8, 4) is 11.4 Å². The van der Waals surface area contributed by atoms with Crippen LogP contribution in [-0.4, -0.2) is 46.1 Å². The monoisotopic (exact) mass is 416 g/mol. The van der Waals surface area contributed by atoms with Crippen molar-refractivity contribution in [2.75, 3.05) is 36.0 Å². The van der Waals surface area contributed by atoms with E-state index >= 15 is 0 Å². The molecule has 0 radical (unpaired) electrons. The molecule has 3 aromatic heterocycles. The number of fused-ring (bicyclic) bond motifs is 1. The number of thiophene rings is 1. The van der Waals surface area contributed by atoms with Crippen LogP contribution in [0.1, 0.15) is 16.3 Å². The fourth-order valence-corrected chi connectivity index (χ4v) is 4.83. The van der Waals surface area contributed by atoms with Crippen LogP contribution in [0, 0.1) is 20.8 Å². The van der Waals surface area contributed by atoms with E-state index in [1.807, 2.05) is 38.1 Å². The van der Waals surface area contributed by atoms with Crippen molar-refractivity contribution in [3.05, 3.63) is 58.7 Å². The number of piperazine rings is 1. The topological polar surface area (TPSA) is 58.0 Å². The second-order valence-electron chi connectivity index (χ2n) is 7.74. The van der Waals surface area contributed by atoms with Gasteiger partial charge in [0, 0.05) is 48.0 Å². The van der Waals surface area contributed by atoms with Gasteiger partial charge in [-0.15, -0.1) is 11.3 Å². The van der Waals surface area contributed by atoms with Crippen LogP contribution in [0.4, 0.5) is 11.8 Å². The second kappa shape index (κ2) is 7.65. The first-order chi connectivity index (χ1) is 14.6. The van der Waals surface area contributed by atoms with Crippen molar-refractivity contribution in [2.45, 2.75) is 20.8 Å². The highest BCUT2D eigenvalue weighted by Gasteiger charge is 2.23. The van der Waals surface area contributed by atoms with Gasteiger partial charge in [-0.3, -0.25) is 0 Å². The maximum Gasteiger partial charge on any atom is 0.225 e. The lowest BCUT2D eigenvalue weighted by Gasteiger charge is -2.35. The minimum Gasteiger partial charge on any atom is -0.352 e. The molecule has 0 N–H and O–H groups in total. The summed E-state index contributed by atoms with van der Waals surface area (Å²) in [6, 6.07) is 14.5. The molecule has 4 heterocycles. The third-order valence-corrected chi connectivity index (χ3v) is 6.30. The Bertz CT molecular complexity index is 1180. The van der Waals surface area contributed by atoms with Gasteiger partial charge in [0.05, 0.1) is 5.39 Å². The van der Waals surface area contributed by atoms with Gasteiger partial charge >= 0.3 is 0 Å². The van der Waals surface area contributed by atoms with Gasteiger partial charge in [0.1, 0.15) is 10.6 Å². The van der Waals surface area contributed by atoms with Crippen molar-refractivity contribution in [3.63, 3.8) is 0 Å². The average molecular weight is 417 g/mol. The first-order valence-electron chi connectivity index (χ1n) is 10.2. The number of aromatic nitrogens is 4. The highest BCUT2D eigenvalue weighted by molar-refractivity contribution is 7.18. The van der Waals surface area contributed by atoms with Gasteiger partial charge in [-0.1, -0.05) is 30.3 Å². The molecule has 0 aliphatic carbocycles. The molecule has 1 aliphatic rings. The summed E-state index contributed by atoms with van der Waals surface area (Å²) in [5, 5.41) is 1.15. The van der Waals surface area contributed by atoms with Crippen molar-refractivity contribution < 1.29 is 0 Å². The molecule has 1 aliphatic heterocycles. The zero-order valence-electron chi connectivity index (χ0n) is 17.5. The van der Waals surface area contributed by atoms with E-state index in [2.05, 4.69) is 44.9 Å². The summed E-state index contributed by atoms with van der Waals surface area (Å²) in [5.74, 6) is 2.65. The van der Waals surface area contributed by atoms with Gasteiger partial charge in [0.25, 0.3) is 0 Å². The van der Waals surface area contributed by atoms with Gasteiger partial charge in [-0.25, -0.2) is 19.9 Å². The maximum atomic E-state index is 5.01. The zero-order valence-corrected chi connectivity index (χ0v) is 18.3. The number of anilines is 2. The first kappa shape index (κ1) is 18.9. The van der Waals surface area contributed by atoms with Gasteiger partial charge in [-0.05, 0) is 32.9 Å². The van der Waals surface area contributed by atoms with E-state index in [4.69, 9.17) is 9.97 Å². The summed E-state index contributed by atoms with van der Waals surface area (Å²) in [6.45, 7) is 9.69. The van der Waals surface area contributed by atoms with Crippen LogP contribution in [0.2, 0.25) is 0 Å². The largest absolute Gasteiger partial charge is 0.352 e. The molecule has 0 amide bonds. The number of hydrogen-bond donors (Lipinski definition) is 0. The standard InChI is InChI=1S/C23H24N6S/c1-15-13-16(2)25-23(24-15)29-11-9-28(10-12-29)21-19-14-17(3)30-22(19)27-20(26-21)18-7-5-4-6-8-18/h4-8,13-14H,9-12H2,1-3H3. The van der Waals surface area contributed by atoms with E-state index in [0.717, 1.165) is 70.9 Å².